The van der Waals surface area contributed by atoms with Crippen LogP contribution in [0.4, 0.5) is 0 Å². The fourth-order valence-corrected chi connectivity index (χ4v) is 1.72. The first kappa shape index (κ1) is 12.9. The van der Waals surface area contributed by atoms with E-state index in [1.807, 2.05) is 0 Å². The lowest BCUT2D eigenvalue weighted by Gasteiger charge is -2.10. The summed E-state index contributed by atoms with van der Waals surface area (Å²) in [4.78, 5) is 10.7. The second-order valence-electron chi connectivity index (χ2n) is 5.17. The van der Waals surface area contributed by atoms with E-state index in [-0.39, 0.29) is 5.56 Å². The molecule has 2 rings (SSSR count). The van der Waals surface area contributed by atoms with Crippen molar-refractivity contribution in [3.05, 3.63) is 29.8 Å². The van der Waals surface area contributed by atoms with Gasteiger partial charge in [-0.15, -0.1) is 0 Å². The highest BCUT2D eigenvalue weighted by Crippen LogP contribution is 2.43. The van der Waals surface area contributed by atoms with Crippen LogP contribution in [0.3, 0.4) is 0 Å². The third kappa shape index (κ3) is 3.74. The Kier molecular flexibility index (Phi) is 3.87. The van der Waals surface area contributed by atoms with Crippen molar-refractivity contribution in [1.82, 2.24) is 5.32 Å². The van der Waals surface area contributed by atoms with Gasteiger partial charge in [0.2, 0.25) is 0 Å². The molecule has 0 saturated heterocycles. The topological polar surface area (TPSA) is 58.6 Å². The number of rotatable bonds is 7. The van der Waals surface area contributed by atoms with Gasteiger partial charge in [0.1, 0.15) is 12.4 Å². The minimum absolute atomic E-state index is 0.280. The summed E-state index contributed by atoms with van der Waals surface area (Å²) in [6, 6.07) is 6.48. The molecule has 0 spiro atoms. The largest absolute Gasteiger partial charge is 0.492 e. The van der Waals surface area contributed by atoms with E-state index in [1.54, 1.807) is 24.3 Å². The molecule has 2 N–H and O–H groups in total. The Morgan fingerprint density at radius 3 is 2.61 bits per heavy atom. The van der Waals surface area contributed by atoms with Crippen LogP contribution in [0.25, 0.3) is 0 Å². The standard InChI is InChI=1S/C14H19NO3/c1-14(6-7-14)10-15-8-9-18-12-4-2-11(3-5-12)13(16)17/h2-5,15H,6-10H2,1H3,(H,16,17). The number of carbonyl (C=O) groups is 1. The summed E-state index contributed by atoms with van der Waals surface area (Å²) in [6.07, 6.45) is 2.63. The van der Waals surface area contributed by atoms with E-state index in [2.05, 4.69) is 12.2 Å². The fourth-order valence-electron chi connectivity index (χ4n) is 1.72. The Morgan fingerprint density at radius 2 is 2.06 bits per heavy atom. The summed E-state index contributed by atoms with van der Waals surface area (Å²) in [5.41, 5.74) is 0.797. The summed E-state index contributed by atoms with van der Waals surface area (Å²) in [6.45, 7) is 4.75. The number of hydrogen-bond acceptors (Lipinski definition) is 3. The predicted molar refractivity (Wildman–Crippen MR) is 69.1 cm³/mol. The van der Waals surface area contributed by atoms with Crippen molar-refractivity contribution >= 4 is 5.97 Å². The molecule has 4 heteroatoms. The van der Waals surface area contributed by atoms with Crippen LogP contribution >= 0.6 is 0 Å². The number of hydrogen-bond donors (Lipinski definition) is 2. The maximum atomic E-state index is 10.7. The summed E-state index contributed by atoms with van der Waals surface area (Å²) >= 11 is 0. The molecule has 98 valence electrons. The van der Waals surface area contributed by atoms with E-state index >= 15 is 0 Å². The molecule has 0 amide bonds. The first-order chi connectivity index (χ1) is 8.59. The fraction of sp³-hybridized carbons (Fsp3) is 0.500. The monoisotopic (exact) mass is 249 g/mol. The molecule has 1 aliphatic carbocycles. The summed E-state index contributed by atoms with van der Waals surface area (Å²) in [7, 11) is 0. The summed E-state index contributed by atoms with van der Waals surface area (Å²) in [5.74, 6) is -0.208. The predicted octanol–water partition coefficient (Wildman–Crippen LogP) is 2.15. The van der Waals surface area contributed by atoms with Gasteiger partial charge in [-0.25, -0.2) is 4.79 Å². The second kappa shape index (κ2) is 5.40. The molecule has 0 bridgehead atoms. The number of benzene rings is 1. The quantitative estimate of drug-likeness (QED) is 0.727. The third-order valence-corrected chi connectivity index (χ3v) is 3.30. The van der Waals surface area contributed by atoms with Crippen LogP contribution in [-0.2, 0) is 0 Å². The maximum Gasteiger partial charge on any atom is 0.335 e. The van der Waals surface area contributed by atoms with Gasteiger partial charge >= 0.3 is 5.97 Å². The zero-order chi connectivity index (χ0) is 13.0. The molecule has 0 unspecified atom stereocenters. The lowest BCUT2D eigenvalue weighted by Crippen LogP contribution is -2.26. The molecule has 1 fully saturated rings. The molecule has 0 atom stereocenters. The smallest absolute Gasteiger partial charge is 0.335 e. The van der Waals surface area contributed by atoms with Crippen LogP contribution in [0.2, 0.25) is 0 Å². The maximum absolute atomic E-state index is 10.7. The van der Waals surface area contributed by atoms with Crippen molar-refractivity contribution in [3.63, 3.8) is 0 Å². The number of carboxylic acids is 1. The molecule has 1 aromatic carbocycles. The van der Waals surface area contributed by atoms with E-state index in [4.69, 9.17) is 9.84 Å². The Bertz CT molecular complexity index is 410. The number of aromatic carboxylic acids is 1. The highest BCUT2D eigenvalue weighted by Gasteiger charge is 2.36. The van der Waals surface area contributed by atoms with Crippen molar-refractivity contribution in [2.24, 2.45) is 5.41 Å². The van der Waals surface area contributed by atoms with E-state index < -0.39 is 5.97 Å². The molecule has 0 radical (unpaired) electrons. The van der Waals surface area contributed by atoms with Crippen LogP contribution in [-0.4, -0.2) is 30.8 Å². The molecule has 4 nitrogen and oxygen atoms in total. The van der Waals surface area contributed by atoms with E-state index in [0.717, 1.165) is 13.1 Å². The van der Waals surface area contributed by atoms with Crippen molar-refractivity contribution in [2.45, 2.75) is 19.8 Å². The van der Waals surface area contributed by atoms with E-state index in [9.17, 15) is 4.79 Å². The van der Waals surface area contributed by atoms with Crippen LogP contribution in [0.15, 0.2) is 24.3 Å². The highest BCUT2D eigenvalue weighted by atomic mass is 16.5. The molecule has 0 aliphatic heterocycles. The number of nitrogens with one attached hydrogen (secondary N) is 1. The Hall–Kier alpha value is -1.55. The molecule has 1 aromatic rings. The number of carboxylic acid groups (broad SMARTS) is 1. The minimum atomic E-state index is -0.916. The second-order valence-corrected chi connectivity index (χ2v) is 5.17. The Labute approximate surface area is 107 Å². The molecule has 1 saturated carbocycles. The van der Waals surface area contributed by atoms with Crippen molar-refractivity contribution < 1.29 is 14.6 Å². The lowest BCUT2D eigenvalue weighted by molar-refractivity contribution is 0.0697. The lowest BCUT2D eigenvalue weighted by atomic mass is 10.1. The average molecular weight is 249 g/mol. The van der Waals surface area contributed by atoms with Gasteiger partial charge in [-0.2, -0.15) is 0 Å². The van der Waals surface area contributed by atoms with E-state index in [0.29, 0.717) is 17.8 Å². The van der Waals surface area contributed by atoms with E-state index in [1.165, 1.54) is 12.8 Å². The van der Waals surface area contributed by atoms with Gasteiger partial charge in [-0.1, -0.05) is 6.92 Å². The van der Waals surface area contributed by atoms with Crippen LogP contribution < -0.4 is 10.1 Å². The van der Waals surface area contributed by atoms with Gasteiger partial charge in [0.05, 0.1) is 5.56 Å². The molecular formula is C14H19NO3. The SMILES string of the molecule is CC1(CNCCOc2ccc(C(=O)O)cc2)CC1. The highest BCUT2D eigenvalue weighted by molar-refractivity contribution is 5.87. The van der Waals surface area contributed by atoms with Gasteiger partial charge in [-0.05, 0) is 42.5 Å². The van der Waals surface area contributed by atoms with Crippen LogP contribution in [0, 0.1) is 5.41 Å². The van der Waals surface area contributed by atoms with Crippen molar-refractivity contribution in [2.75, 3.05) is 19.7 Å². The summed E-state index contributed by atoms with van der Waals surface area (Å²) in [5, 5.41) is 12.1. The van der Waals surface area contributed by atoms with Gasteiger partial charge in [0.25, 0.3) is 0 Å². The Morgan fingerprint density at radius 1 is 1.39 bits per heavy atom. The minimum Gasteiger partial charge on any atom is -0.492 e. The van der Waals surface area contributed by atoms with Gasteiger partial charge in [0, 0.05) is 13.1 Å². The average Bonchev–Trinajstić information content (AvgIpc) is 3.08. The van der Waals surface area contributed by atoms with Crippen LogP contribution in [0.1, 0.15) is 30.1 Å². The van der Waals surface area contributed by atoms with Crippen LogP contribution in [0.5, 0.6) is 5.75 Å². The molecular weight excluding hydrogens is 230 g/mol. The molecule has 1 aliphatic rings. The third-order valence-electron chi connectivity index (χ3n) is 3.30. The summed E-state index contributed by atoms with van der Waals surface area (Å²) < 4.78 is 5.52. The van der Waals surface area contributed by atoms with Gasteiger partial charge in [0.15, 0.2) is 0 Å². The zero-order valence-electron chi connectivity index (χ0n) is 10.6. The van der Waals surface area contributed by atoms with Crippen molar-refractivity contribution in [1.29, 1.82) is 0 Å². The first-order valence-electron chi connectivity index (χ1n) is 6.26. The van der Waals surface area contributed by atoms with Gasteiger partial charge < -0.3 is 15.2 Å². The molecule has 0 aromatic heterocycles. The number of ether oxygens (including phenoxy) is 1. The molecule has 18 heavy (non-hydrogen) atoms. The van der Waals surface area contributed by atoms with Crippen molar-refractivity contribution in [3.8, 4) is 5.75 Å². The van der Waals surface area contributed by atoms with Gasteiger partial charge in [-0.3, -0.25) is 0 Å². The normalized spacial score (nSPS) is 16.3. The zero-order valence-corrected chi connectivity index (χ0v) is 10.6. The molecule has 0 heterocycles. The first-order valence-corrected chi connectivity index (χ1v) is 6.26. The Balaban J connectivity index is 1.65.